The van der Waals surface area contributed by atoms with Crippen molar-refractivity contribution < 1.29 is 0 Å². The number of hydrogen-bond donors (Lipinski definition) is 0. The fraction of sp³-hybridized carbons (Fsp3) is 0.0588. The van der Waals surface area contributed by atoms with E-state index in [9.17, 15) is 0 Å². The monoisotopic (exact) mass is 464 g/mol. The molecule has 0 unspecified atom stereocenters. The normalized spacial score (nSPS) is 11.7. The molecule has 7 rings (SSSR count). The largest absolute Gasteiger partial charge is 0.135 e. The Hall–Kier alpha value is -3.94. The van der Waals surface area contributed by atoms with Crippen molar-refractivity contribution in [3.8, 4) is 22.3 Å². The zero-order chi connectivity index (χ0) is 23.5. The minimum Gasteiger partial charge on any atom is -0.135 e. The van der Waals surface area contributed by atoms with Crippen LogP contribution < -0.4 is 0 Å². The van der Waals surface area contributed by atoms with Crippen LogP contribution in [0.5, 0.6) is 0 Å². The van der Waals surface area contributed by atoms with Gasteiger partial charge in [-0.25, -0.2) is 0 Å². The molecular weight excluding hydrogens is 440 g/mol. The van der Waals surface area contributed by atoms with Crippen molar-refractivity contribution in [2.24, 2.45) is 0 Å². The molecule has 7 aromatic rings. The van der Waals surface area contributed by atoms with Gasteiger partial charge in [-0.3, -0.25) is 0 Å². The van der Waals surface area contributed by atoms with Gasteiger partial charge in [-0.15, -0.1) is 11.3 Å². The van der Waals surface area contributed by atoms with Crippen LogP contribution >= 0.6 is 11.3 Å². The van der Waals surface area contributed by atoms with Gasteiger partial charge < -0.3 is 0 Å². The molecule has 0 bridgehead atoms. The molecule has 0 spiro atoms. The molecule has 166 valence electrons. The van der Waals surface area contributed by atoms with Gasteiger partial charge in [-0.1, -0.05) is 78.9 Å². The zero-order valence-corrected chi connectivity index (χ0v) is 20.6. The molecule has 1 heterocycles. The first-order chi connectivity index (χ1) is 17.2. The van der Waals surface area contributed by atoms with Gasteiger partial charge in [-0.2, -0.15) is 0 Å². The maximum atomic E-state index is 2.39. The molecule has 0 atom stereocenters. The molecule has 1 aromatic heterocycles. The highest BCUT2D eigenvalue weighted by atomic mass is 32.1. The average molecular weight is 465 g/mol. The van der Waals surface area contributed by atoms with Gasteiger partial charge >= 0.3 is 0 Å². The lowest BCUT2D eigenvalue weighted by atomic mass is 9.89. The van der Waals surface area contributed by atoms with Crippen molar-refractivity contribution >= 4 is 53.1 Å². The first kappa shape index (κ1) is 20.4. The zero-order valence-electron chi connectivity index (χ0n) is 19.8. The van der Waals surface area contributed by atoms with Crippen molar-refractivity contribution in [2.45, 2.75) is 13.8 Å². The molecule has 1 heteroatoms. The summed E-state index contributed by atoms with van der Waals surface area (Å²) in [6, 6.07) is 40.2. The molecular formula is C34H24S. The van der Waals surface area contributed by atoms with E-state index in [1.807, 2.05) is 11.3 Å². The predicted molar refractivity (Wildman–Crippen MR) is 155 cm³/mol. The highest BCUT2D eigenvalue weighted by Crippen LogP contribution is 2.39. The second-order valence-electron chi connectivity index (χ2n) is 9.45. The lowest BCUT2D eigenvalue weighted by Crippen LogP contribution is -1.90. The molecule has 0 saturated heterocycles. The molecule has 0 aliphatic heterocycles. The summed E-state index contributed by atoms with van der Waals surface area (Å²) in [7, 11) is 0. The topological polar surface area (TPSA) is 0 Å². The van der Waals surface area contributed by atoms with E-state index < -0.39 is 0 Å². The van der Waals surface area contributed by atoms with E-state index in [-0.39, 0.29) is 0 Å². The third kappa shape index (κ3) is 3.20. The van der Waals surface area contributed by atoms with E-state index in [0.717, 1.165) is 0 Å². The summed E-state index contributed by atoms with van der Waals surface area (Å²) < 4.78 is 2.70. The van der Waals surface area contributed by atoms with Gasteiger partial charge in [0.25, 0.3) is 0 Å². The number of rotatable bonds is 2. The van der Waals surface area contributed by atoms with Gasteiger partial charge in [0.05, 0.1) is 0 Å². The Morgan fingerprint density at radius 3 is 1.57 bits per heavy atom. The minimum absolute atomic E-state index is 1.26. The first-order valence-corrected chi connectivity index (χ1v) is 12.9. The highest BCUT2D eigenvalue weighted by Gasteiger charge is 2.12. The van der Waals surface area contributed by atoms with Crippen molar-refractivity contribution in [1.82, 2.24) is 0 Å². The maximum absolute atomic E-state index is 2.39. The molecule has 35 heavy (non-hydrogen) atoms. The molecule has 6 aromatic carbocycles. The summed E-state index contributed by atoms with van der Waals surface area (Å²) >= 11 is 1.87. The highest BCUT2D eigenvalue weighted by molar-refractivity contribution is 7.25. The Balaban J connectivity index is 1.42. The Bertz CT molecular complexity index is 1910. The van der Waals surface area contributed by atoms with Crippen molar-refractivity contribution in [3.05, 3.63) is 120 Å². The van der Waals surface area contributed by atoms with Gasteiger partial charge in [-0.05, 0) is 99.1 Å². The number of aryl methyl sites for hydroxylation is 2. The van der Waals surface area contributed by atoms with Crippen molar-refractivity contribution in [1.29, 1.82) is 0 Å². The number of hydrogen-bond acceptors (Lipinski definition) is 1. The molecule has 0 N–H and O–H groups in total. The summed E-state index contributed by atoms with van der Waals surface area (Å²) in [5, 5.41) is 8.06. The Kier molecular flexibility index (Phi) is 4.55. The van der Waals surface area contributed by atoms with E-state index >= 15 is 0 Å². The van der Waals surface area contributed by atoms with E-state index in [0.29, 0.717) is 0 Å². The van der Waals surface area contributed by atoms with E-state index in [2.05, 4.69) is 123 Å². The van der Waals surface area contributed by atoms with Crippen LogP contribution in [0.2, 0.25) is 0 Å². The molecule has 0 radical (unpaired) electrons. The Morgan fingerprint density at radius 1 is 0.371 bits per heavy atom. The number of thiophene rings is 1. The second kappa shape index (κ2) is 7.80. The van der Waals surface area contributed by atoms with Crippen LogP contribution in [0.25, 0.3) is 64.0 Å². The van der Waals surface area contributed by atoms with Crippen LogP contribution in [0.1, 0.15) is 11.1 Å². The molecule has 0 saturated carbocycles. The fourth-order valence-corrected chi connectivity index (χ4v) is 6.63. The van der Waals surface area contributed by atoms with Crippen LogP contribution in [-0.4, -0.2) is 0 Å². The number of benzene rings is 6. The summed E-state index contributed by atoms with van der Waals surface area (Å²) in [5.74, 6) is 0. The van der Waals surface area contributed by atoms with Crippen LogP contribution in [0, 0.1) is 13.8 Å². The van der Waals surface area contributed by atoms with Crippen LogP contribution in [0.15, 0.2) is 109 Å². The first-order valence-electron chi connectivity index (χ1n) is 12.1. The van der Waals surface area contributed by atoms with Crippen LogP contribution in [0.4, 0.5) is 0 Å². The molecule has 0 nitrogen and oxygen atoms in total. The molecule has 0 fully saturated rings. The van der Waals surface area contributed by atoms with E-state index in [1.165, 1.54) is 75.1 Å². The van der Waals surface area contributed by atoms with E-state index in [1.54, 1.807) is 0 Å². The summed E-state index contributed by atoms with van der Waals surface area (Å²) in [4.78, 5) is 0. The Morgan fingerprint density at radius 2 is 0.886 bits per heavy atom. The average Bonchev–Trinajstić information content (AvgIpc) is 3.29. The predicted octanol–water partition coefficient (Wildman–Crippen LogP) is 10.3. The molecule has 0 amide bonds. The van der Waals surface area contributed by atoms with E-state index in [4.69, 9.17) is 0 Å². The quantitative estimate of drug-likeness (QED) is 0.223. The molecule has 0 aliphatic carbocycles. The SMILES string of the molecule is Cc1c2ccc(-c3ccc4sc5ccccc5c4c3)cc2c(C)c2ccc(-c3ccccc3)cc12. The minimum atomic E-state index is 1.26. The van der Waals surface area contributed by atoms with Crippen molar-refractivity contribution in [2.75, 3.05) is 0 Å². The van der Waals surface area contributed by atoms with Crippen LogP contribution in [-0.2, 0) is 0 Å². The molecule has 0 aliphatic rings. The third-order valence-electron chi connectivity index (χ3n) is 7.47. The summed E-state index contributed by atoms with van der Waals surface area (Å²) in [5.41, 5.74) is 7.79. The number of fused-ring (bicyclic) bond motifs is 5. The third-order valence-corrected chi connectivity index (χ3v) is 8.62. The summed E-state index contributed by atoms with van der Waals surface area (Å²) in [6.07, 6.45) is 0. The standard InChI is InChI=1S/C34H24S/c1-21-28-16-13-25(26-14-17-34-32(20-26)29-10-6-7-11-33(29)35-34)19-31(28)22(2)27-15-12-24(18-30(21)27)23-8-4-3-5-9-23/h3-20H,1-2H3. The van der Waals surface area contributed by atoms with Gasteiger partial charge in [0.15, 0.2) is 0 Å². The smallest absolute Gasteiger partial charge is 0.0355 e. The maximum Gasteiger partial charge on any atom is 0.0355 e. The van der Waals surface area contributed by atoms with Gasteiger partial charge in [0.2, 0.25) is 0 Å². The van der Waals surface area contributed by atoms with Gasteiger partial charge in [0.1, 0.15) is 0 Å². The van der Waals surface area contributed by atoms with Crippen LogP contribution in [0.3, 0.4) is 0 Å². The summed E-state index contributed by atoms with van der Waals surface area (Å²) in [6.45, 7) is 4.54. The van der Waals surface area contributed by atoms with Gasteiger partial charge in [0, 0.05) is 20.2 Å². The second-order valence-corrected chi connectivity index (χ2v) is 10.5. The van der Waals surface area contributed by atoms with Crippen molar-refractivity contribution in [3.63, 3.8) is 0 Å². The lowest BCUT2D eigenvalue weighted by Gasteiger charge is -2.15. The lowest BCUT2D eigenvalue weighted by molar-refractivity contribution is 1.52. The Labute approximate surface area is 209 Å². The fourth-order valence-electron chi connectivity index (χ4n) is 5.55.